The van der Waals surface area contributed by atoms with Crippen molar-refractivity contribution in [3.8, 4) is 0 Å². The molecule has 24 heavy (non-hydrogen) atoms. The van der Waals surface area contributed by atoms with Gasteiger partial charge in [0.1, 0.15) is 0 Å². The van der Waals surface area contributed by atoms with Gasteiger partial charge in [-0.2, -0.15) is 0 Å². The molecule has 1 rings (SSSR count). The van der Waals surface area contributed by atoms with Crippen molar-refractivity contribution in [2.75, 3.05) is 27.7 Å². The van der Waals surface area contributed by atoms with Gasteiger partial charge in [0.05, 0.1) is 21.1 Å². The van der Waals surface area contributed by atoms with Crippen LogP contribution in [0.25, 0.3) is 0 Å². The van der Waals surface area contributed by atoms with E-state index >= 15 is 0 Å². The Hall–Kier alpha value is -0.810. The number of carbonyl (C=O) groups excluding carboxylic acids is 2. The number of rotatable bonds is 8. The fraction of sp³-hybridized carbons (Fsp3) is 0.889. The Kier molecular flexibility index (Phi) is 8.74. The van der Waals surface area contributed by atoms with Crippen molar-refractivity contribution in [2.45, 2.75) is 72.0 Å². The van der Waals surface area contributed by atoms with E-state index in [0.29, 0.717) is 17.3 Å². The Morgan fingerprint density at radius 2 is 1.83 bits per heavy atom. The maximum Gasteiger partial charge on any atom is 0.230 e. The van der Waals surface area contributed by atoms with Gasteiger partial charge in [0.25, 0.3) is 0 Å². The predicted molar refractivity (Wildman–Crippen MR) is 93.7 cm³/mol. The molecule has 5 nitrogen and oxygen atoms in total. The zero-order chi connectivity index (χ0) is 17.8. The highest BCUT2D eigenvalue weighted by atomic mass is 35.5. The molecule has 2 amide bonds. The van der Waals surface area contributed by atoms with Gasteiger partial charge in [-0.3, -0.25) is 9.59 Å². The van der Waals surface area contributed by atoms with Crippen LogP contribution in [0.1, 0.15) is 59.8 Å². The third-order valence-electron chi connectivity index (χ3n) is 5.00. The third-order valence-corrected chi connectivity index (χ3v) is 5.00. The molecule has 1 aliphatic rings. The molecule has 0 bridgehead atoms. The Bertz CT molecular complexity index is 432. The first-order chi connectivity index (χ1) is 10.5. The molecule has 6 heteroatoms. The second kappa shape index (κ2) is 9.04. The molecule has 0 aromatic heterocycles. The minimum absolute atomic E-state index is 0. The molecule has 2 atom stereocenters. The van der Waals surface area contributed by atoms with Crippen molar-refractivity contribution in [1.29, 1.82) is 0 Å². The van der Waals surface area contributed by atoms with Gasteiger partial charge in [0, 0.05) is 30.8 Å². The van der Waals surface area contributed by atoms with Crippen LogP contribution < -0.4 is 17.7 Å². The molecule has 0 aromatic carbocycles. The number of nitrogens with one attached hydrogen (secondary N) is 1. The van der Waals surface area contributed by atoms with Crippen LogP contribution in [0.5, 0.6) is 0 Å². The molecule has 0 spiro atoms. The summed E-state index contributed by atoms with van der Waals surface area (Å²) < 4.78 is 0.708. The fourth-order valence-corrected chi connectivity index (χ4v) is 3.40. The summed E-state index contributed by atoms with van der Waals surface area (Å²) in [5.41, 5.74) is -0.480. The predicted octanol–water partition coefficient (Wildman–Crippen LogP) is -0.634. The van der Waals surface area contributed by atoms with E-state index in [1.807, 2.05) is 18.7 Å². The average Bonchev–Trinajstić information content (AvgIpc) is 2.86. The molecule has 0 radical (unpaired) electrons. The third kappa shape index (κ3) is 5.92. The summed E-state index contributed by atoms with van der Waals surface area (Å²) in [7, 11) is 6.29. The van der Waals surface area contributed by atoms with Crippen LogP contribution in [-0.4, -0.2) is 61.1 Å². The van der Waals surface area contributed by atoms with Gasteiger partial charge in [0.15, 0.2) is 6.17 Å². The molecule has 142 valence electrons. The highest BCUT2D eigenvalue weighted by Gasteiger charge is 2.37. The van der Waals surface area contributed by atoms with Crippen molar-refractivity contribution in [1.82, 2.24) is 10.2 Å². The van der Waals surface area contributed by atoms with Gasteiger partial charge in [-0.05, 0) is 19.3 Å². The number of carbonyl (C=O) groups is 2. The van der Waals surface area contributed by atoms with Crippen molar-refractivity contribution < 1.29 is 26.5 Å². The van der Waals surface area contributed by atoms with Crippen LogP contribution in [0.15, 0.2) is 0 Å². The normalized spacial score (nSPS) is 18.1. The standard InChI is InChI=1S/C18H35N3O2.ClH/c1-8-14(20-12-10-11-16(20)22)13-18(3,4)17(23)19-15(9-2)21(5,6)7;/h14-15H,8-13H2,1-7H3;1H. The molecule has 1 aliphatic heterocycles. The smallest absolute Gasteiger partial charge is 0.230 e. The Balaban J connectivity index is 0.00000529. The monoisotopic (exact) mass is 361 g/mol. The summed E-state index contributed by atoms with van der Waals surface area (Å²) in [5, 5.41) is 3.21. The first-order valence-corrected chi connectivity index (χ1v) is 8.94. The van der Waals surface area contributed by atoms with Crippen LogP contribution in [0, 0.1) is 5.41 Å². The minimum Gasteiger partial charge on any atom is -1.00 e. The van der Waals surface area contributed by atoms with Crippen LogP contribution >= 0.6 is 0 Å². The van der Waals surface area contributed by atoms with Crippen LogP contribution in [0.2, 0.25) is 0 Å². The van der Waals surface area contributed by atoms with Crippen LogP contribution in [0.4, 0.5) is 0 Å². The Labute approximate surface area is 154 Å². The summed E-state index contributed by atoms with van der Waals surface area (Å²) in [4.78, 5) is 26.8. The van der Waals surface area contributed by atoms with E-state index in [4.69, 9.17) is 0 Å². The highest BCUT2D eigenvalue weighted by Crippen LogP contribution is 2.29. The van der Waals surface area contributed by atoms with Crippen LogP contribution in [0.3, 0.4) is 0 Å². The Morgan fingerprint density at radius 1 is 1.25 bits per heavy atom. The number of hydrogen-bond acceptors (Lipinski definition) is 2. The maximum atomic E-state index is 12.8. The molecule has 1 saturated heterocycles. The second-order valence-corrected chi connectivity index (χ2v) is 8.35. The zero-order valence-corrected chi connectivity index (χ0v) is 17.2. The molecule has 1 N–H and O–H groups in total. The minimum atomic E-state index is -0.480. The fourth-order valence-electron chi connectivity index (χ4n) is 3.40. The van der Waals surface area contributed by atoms with Crippen molar-refractivity contribution in [3.05, 3.63) is 0 Å². The van der Waals surface area contributed by atoms with E-state index in [2.05, 4.69) is 40.3 Å². The van der Waals surface area contributed by atoms with Crippen LogP contribution in [-0.2, 0) is 9.59 Å². The number of halogens is 1. The molecular weight excluding hydrogens is 326 g/mol. The summed E-state index contributed by atoms with van der Waals surface area (Å²) in [6.07, 6.45) is 4.22. The summed E-state index contributed by atoms with van der Waals surface area (Å²) in [6, 6.07) is 0.162. The molecule has 0 aliphatic carbocycles. The van der Waals surface area contributed by atoms with Gasteiger partial charge in [-0.15, -0.1) is 0 Å². The number of likely N-dealkylation sites (tertiary alicyclic amines) is 1. The largest absolute Gasteiger partial charge is 1.00 e. The molecule has 1 heterocycles. The van der Waals surface area contributed by atoms with Gasteiger partial charge < -0.3 is 27.1 Å². The lowest BCUT2D eigenvalue weighted by Gasteiger charge is -2.38. The Morgan fingerprint density at radius 3 is 2.21 bits per heavy atom. The van der Waals surface area contributed by atoms with Crippen molar-refractivity contribution in [2.24, 2.45) is 5.41 Å². The van der Waals surface area contributed by atoms with E-state index in [-0.39, 0.29) is 36.4 Å². The van der Waals surface area contributed by atoms with E-state index in [9.17, 15) is 9.59 Å². The lowest BCUT2D eigenvalue weighted by atomic mass is 9.83. The number of hydrogen-bond donors (Lipinski definition) is 1. The summed E-state index contributed by atoms with van der Waals surface area (Å²) in [6.45, 7) is 9.03. The lowest BCUT2D eigenvalue weighted by molar-refractivity contribution is -0.898. The topological polar surface area (TPSA) is 49.4 Å². The number of quaternary nitrogens is 1. The van der Waals surface area contributed by atoms with Gasteiger partial charge in [0.2, 0.25) is 11.8 Å². The van der Waals surface area contributed by atoms with E-state index in [1.54, 1.807) is 0 Å². The summed E-state index contributed by atoms with van der Waals surface area (Å²) in [5.74, 6) is 0.327. The molecule has 0 aromatic rings. The van der Waals surface area contributed by atoms with Gasteiger partial charge >= 0.3 is 0 Å². The highest BCUT2D eigenvalue weighted by molar-refractivity contribution is 5.82. The molecule has 0 saturated carbocycles. The van der Waals surface area contributed by atoms with E-state index < -0.39 is 5.41 Å². The van der Waals surface area contributed by atoms with Crippen molar-refractivity contribution in [3.63, 3.8) is 0 Å². The van der Waals surface area contributed by atoms with Gasteiger partial charge in [-0.1, -0.05) is 27.7 Å². The van der Waals surface area contributed by atoms with Gasteiger partial charge in [-0.25, -0.2) is 0 Å². The summed E-state index contributed by atoms with van der Waals surface area (Å²) >= 11 is 0. The average molecular weight is 362 g/mol. The maximum absolute atomic E-state index is 12.8. The van der Waals surface area contributed by atoms with E-state index in [0.717, 1.165) is 25.8 Å². The molecule has 2 unspecified atom stereocenters. The molecular formula is C18H36ClN3O2. The number of amides is 2. The first kappa shape index (κ1) is 23.2. The van der Waals surface area contributed by atoms with Crippen molar-refractivity contribution >= 4 is 11.8 Å². The lowest BCUT2D eigenvalue weighted by Crippen LogP contribution is -3.00. The quantitative estimate of drug-likeness (QED) is 0.462. The SMILES string of the molecule is CCC(CC(C)(C)C(=O)NC(CC)[N+](C)(C)C)N1CCCC1=O.[Cl-]. The second-order valence-electron chi connectivity index (χ2n) is 8.35. The zero-order valence-electron chi connectivity index (χ0n) is 16.5. The molecule has 1 fully saturated rings. The number of nitrogens with zero attached hydrogens (tertiary/aromatic N) is 2. The first-order valence-electron chi connectivity index (χ1n) is 8.94. The van der Waals surface area contributed by atoms with E-state index in [1.165, 1.54) is 0 Å².